The van der Waals surface area contributed by atoms with E-state index in [9.17, 15) is 13.6 Å². The lowest BCUT2D eigenvalue weighted by atomic mass is 10.2. The van der Waals surface area contributed by atoms with Crippen molar-refractivity contribution in [3.63, 3.8) is 0 Å². The summed E-state index contributed by atoms with van der Waals surface area (Å²) in [4.78, 5) is 11.7. The molecule has 0 radical (unpaired) electrons. The quantitative estimate of drug-likeness (QED) is 0.160. The summed E-state index contributed by atoms with van der Waals surface area (Å²) in [6.07, 6.45) is 0. The molecule has 4 aromatic rings. The Balaban J connectivity index is 0.000000222. The molecule has 2 aromatic heterocycles. The van der Waals surface area contributed by atoms with E-state index in [-0.39, 0.29) is 42.9 Å². The van der Waals surface area contributed by atoms with Gasteiger partial charge in [-0.2, -0.15) is 10.2 Å². The zero-order valence-corrected chi connectivity index (χ0v) is 22.6. The number of benzene rings is 2. The minimum absolute atomic E-state index is 0.145. The van der Waals surface area contributed by atoms with E-state index in [1.807, 2.05) is 13.8 Å². The number of nitrogens with zero attached hydrogens (tertiary/aromatic N) is 4. The first-order chi connectivity index (χ1) is 19.3. The molecule has 2 aromatic carbocycles. The average molecular weight is 555 g/mol. The highest BCUT2D eigenvalue weighted by atomic mass is 19.1. The number of hydrogen-bond donors (Lipinski definition) is 2. The fourth-order valence-electron chi connectivity index (χ4n) is 3.57. The van der Waals surface area contributed by atoms with Crippen LogP contribution in [0.15, 0.2) is 60.7 Å². The lowest BCUT2D eigenvalue weighted by molar-refractivity contribution is 0.0518. The van der Waals surface area contributed by atoms with E-state index in [4.69, 9.17) is 25.4 Å². The van der Waals surface area contributed by atoms with Gasteiger partial charge in [0.25, 0.3) is 0 Å². The molecule has 0 spiro atoms. The number of hydrogen-bond acceptors (Lipinski definition) is 7. The Bertz CT molecular complexity index is 1440. The first kappa shape index (κ1) is 29.8. The van der Waals surface area contributed by atoms with Crippen LogP contribution in [0.3, 0.4) is 0 Å². The van der Waals surface area contributed by atoms with Crippen molar-refractivity contribution in [1.29, 1.82) is 5.41 Å². The number of aromatic nitrogens is 4. The fraction of sp³-hybridized carbons (Fsp3) is 0.286. The molecule has 0 saturated carbocycles. The topological polar surface area (TPSA) is 130 Å². The van der Waals surface area contributed by atoms with Crippen LogP contribution >= 0.6 is 0 Å². The summed E-state index contributed by atoms with van der Waals surface area (Å²) in [5.74, 6) is -0.420. The Hall–Kier alpha value is -4.74. The molecule has 10 nitrogen and oxygen atoms in total. The van der Waals surface area contributed by atoms with Crippen molar-refractivity contribution in [3.8, 4) is 11.8 Å². The van der Waals surface area contributed by atoms with Gasteiger partial charge in [0.1, 0.15) is 23.2 Å². The molecule has 12 heteroatoms. The van der Waals surface area contributed by atoms with E-state index in [2.05, 4.69) is 10.2 Å². The molecule has 0 aliphatic carbocycles. The largest absolute Gasteiger partial charge is 0.478 e. The molecule has 3 N–H and O–H groups in total. The normalized spacial score (nSPS) is 10.4. The van der Waals surface area contributed by atoms with Crippen molar-refractivity contribution in [3.05, 3.63) is 94.8 Å². The van der Waals surface area contributed by atoms with Crippen molar-refractivity contribution in [2.45, 2.75) is 33.9 Å². The van der Waals surface area contributed by atoms with Gasteiger partial charge in [-0.3, -0.25) is 5.41 Å². The molecular weight excluding hydrogens is 522 g/mol. The van der Waals surface area contributed by atoms with Gasteiger partial charge in [-0.25, -0.2) is 22.9 Å². The minimum atomic E-state index is -0.522. The molecule has 4 rings (SSSR count). The number of nitrogens with two attached hydrogens (primary N) is 1. The van der Waals surface area contributed by atoms with Crippen LogP contribution in [0.5, 0.6) is 11.8 Å². The van der Waals surface area contributed by atoms with Crippen LogP contribution in [-0.4, -0.2) is 51.2 Å². The third kappa shape index (κ3) is 7.88. The smallest absolute Gasteiger partial charge is 0.358 e. The number of amidine groups is 1. The highest BCUT2D eigenvalue weighted by Crippen LogP contribution is 2.19. The Morgan fingerprint density at radius 2 is 1.25 bits per heavy atom. The van der Waals surface area contributed by atoms with Crippen LogP contribution in [-0.2, 0) is 17.8 Å². The summed E-state index contributed by atoms with van der Waals surface area (Å²) >= 11 is 0. The standard InChI is InChI=1S/C15H17FN2O3.C13H15FN4O/c1-3-20-14-9-13(15(19)21-4-2)17-18(14)10-11-7-5-6-8-12(11)16;1-2-19-12-7-11(13(15)16)17-18(12)8-9-5-3-4-6-10(9)14/h5-9H,3-4,10H2,1-2H3;3-7H,2,8H2,1H3,(H3,15,16). The predicted molar refractivity (Wildman–Crippen MR) is 145 cm³/mol. The number of halogens is 2. The highest BCUT2D eigenvalue weighted by molar-refractivity contribution is 5.93. The zero-order chi connectivity index (χ0) is 29.1. The molecule has 0 saturated heterocycles. The van der Waals surface area contributed by atoms with Gasteiger partial charge in [-0.1, -0.05) is 36.4 Å². The van der Waals surface area contributed by atoms with Crippen molar-refractivity contribution in [2.75, 3.05) is 19.8 Å². The number of carbonyl (C=O) groups excluding carboxylic acids is 1. The second-order valence-corrected chi connectivity index (χ2v) is 8.23. The van der Waals surface area contributed by atoms with Crippen LogP contribution < -0.4 is 15.2 Å². The van der Waals surface area contributed by atoms with Gasteiger partial charge in [0.2, 0.25) is 11.8 Å². The maximum atomic E-state index is 13.7. The minimum Gasteiger partial charge on any atom is -0.478 e. The number of ether oxygens (including phenoxy) is 3. The molecule has 2 heterocycles. The zero-order valence-electron chi connectivity index (χ0n) is 22.6. The summed E-state index contributed by atoms with van der Waals surface area (Å²) < 4.78 is 46.0. The van der Waals surface area contributed by atoms with Crippen LogP contribution in [0, 0.1) is 17.0 Å². The first-order valence-corrected chi connectivity index (χ1v) is 12.7. The molecule has 40 heavy (non-hydrogen) atoms. The summed E-state index contributed by atoms with van der Waals surface area (Å²) in [5.41, 5.74) is 6.83. The van der Waals surface area contributed by atoms with E-state index >= 15 is 0 Å². The van der Waals surface area contributed by atoms with Gasteiger partial charge in [-0.05, 0) is 32.9 Å². The molecule has 0 unspecified atom stereocenters. The number of rotatable bonds is 11. The molecule has 0 aliphatic heterocycles. The van der Waals surface area contributed by atoms with Crippen LogP contribution in [0.1, 0.15) is 48.1 Å². The monoisotopic (exact) mass is 554 g/mol. The Morgan fingerprint density at radius 3 is 1.68 bits per heavy atom. The average Bonchev–Trinajstić information content (AvgIpc) is 3.52. The third-order valence-electron chi connectivity index (χ3n) is 5.39. The van der Waals surface area contributed by atoms with E-state index in [1.54, 1.807) is 49.4 Å². The second-order valence-electron chi connectivity index (χ2n) is 8.23. The second kappa shape index (κ2) is 14.4. The van der Waals surface area contributed by atoms with E-state index in [1.165, 1.54) is 27.6 Å². The molecule has 0 amide bonds. The van der Waals surface area contributed by atoms with Crippen LogP contribution in [0.25, 0.3) is 0 Å². The van der Waals surface area contributed by atoms with Crippen LogP contribution in [0.4, 0.5) is 8.78 Å². The summed E-state index contributed by atoms with van der Waals surface area (Å²) in [6, 6.07) is 16.0. The molecule has 0 bridgehead atoms. The fourth-order valence-corrected chi connectivity index (χ4v) is 3.57. The van der Waals surface area contributed by atoms with Gasteiger partial charge in [-0.15, -0.1) is 0 Å². The number of nitrogen functional groups attached to an aromatic ring is 1. The number of nitrogens with one attached hydrogen (secondary N) is 1. The van der Waals surface area contributed by atoms with E-state index in [0.29, 0.717) is 41.8 Å². The van der Waals surface area contributed by atoms with Crippen molar-refractivity contribution in [1.82, 2.24) is 19.6 Å². The number of carbonyl (C=O) groups is 1. The molecule has 0 atom stereocenters. The van der Waals surface area contributed by atoms with Gasteiger partial charge in [0, 0.05) is 23.3 Å². The van der Waals surface area contributed by atoms with Crippen LogP contribution in [0.2, 0.25) is 0 Å². The maximum Gasteiger partial charge on any atom is 0.358 e. The van der Waals surface area contributed by atoms with Gasteiger partial charge in [0.05, 0.1) is 32.9 Å². The summed E-state index contributed by atoms with van der Waals surface area (Å²) in [7, 11) is 0. The third-order valence-corrected chi connectivity index (χ3v) is 5.39. The van der Waals surface area contributed by atoms with E-state index < -0.39 is 5.97 Å². The van der Waals surface area contributed by atoms with Crippen molar-refractivity contribution < 1.29 is 27.8 Å². The van der Waals surface area contributed by atoms with Gasteiger partial charge < -0.3 is 19.9 Å². The number of esters is 1. The van der Waals surface area contributed by atoms with Gasteiger partial charge >= 0.3 is 5.97 Å². The SMILES string of the molecule is CCOC(=O)c1cc(OCC)n(Cc2ccccc2F)n1.CCOc1cc(C(=N)N)nn1Cc1ccccc1F. The molecule has 0 fully saturated rings. The molecular formula is C28H32F2N6O4. The maximum absolute atomic E-state index is 13.7. The van der Waals surface area contributed by atoms with Gasteiger partial charge in [0.15, 0.2) is 5.69 Å². The summed E-state index contributed by atoms with van der Waals surface area (Å²) in [6.45, 7) is 6.95. The van der Waals surface area contributed by atoms with Crippen molar-refractivity contribution in [2.24, 2.45) is 5.73 Å². The first-order valence-electron chi connectivity index (χ1n) is 12.7. The van der Waals surface area contributed by atoms with Crippen molar-refractivity contribution >= 4 is 11.8 Å². The molecule has 212 valence electrons. The molecule has 0 aliphatic rings. The van der Waals surface area contributed by atoms with E-state index in [0.717, 1.165) is 0 Å². The lowest BCUT2D eigenvalue weighted by Crippen LogP contribution is -2.13. The predicted octanol–water partition coefficient (Wildman–Crippen LogP) is 4.40. The lowest BCUT2D eigenvalue weighted by Gasteiger charge is -2.08. The Labute approximate surface area is 230 Å². The Morgan fingerprint density at radius 1 is 0.800 bits per heavy atom. The summed E-state index contributed by atoms with van der Waals surface area (Å²) in [5, 5.41) is 15.6. The highest BCUT2D eigenvalue weighted by Gasteiger charge is 2.17. The Kier molecular flexibility index (Phi) is 10.7.